The molecule has 14 heavy (non-hydrogen) atoms. The number of carbonyl (C=O) groups is 1. The molecule has 1 rings (SSSR count). The number of rotatable bonds is 2. The summed E-state index contributed by atoms with van der Waals surface area (Å²) in [6, 6.07) is 5.08. The zero-order chi connectivity index (χ0) is 10.9. The number of hydrogen-bond acceptors (Lipinski definition) is 2. The molecule has 0 aliphatic rings. The fraction of sp³-hybridized carbons (Fsp3) is 0.364. The Kier molecular flexibility index (Phi) is 2.98. The van der Waals surface area contributed by atoms with E-state index in [4.69, 9.17) is 11.6 Å². The summed E-state index contributed by atoms with van der Waals surface area (Å²) in [6.07, 6.45) is 0. The SMILES string of the molecule is CC(=O)C(C)(O)c1ccc(Cl)cc1C. The van der Waals surface area contributed by atoms with Crippen LogP contribution in [0.15, 0.2) is 18.2 Å². The standard InChI is InChI=1S/C11H13ClO2/c1-7-6-9(12)4-5-10(7)11(3,14)8(2)13/h4-6,14H,1-3H3. The normalized spacial score (nSPS) is 14.9. The fourth-order valence-electron chi connectivity index (χ4n) is 1.36. The van der Waals surface area contributed by atoms with Gasteiger partial charge in [0.05, 0.1) is 0 Å². The number of carbonyl (C=O) groups excluding carboxylic acids is 1. The number of hydrogen-bond donors (Lipinski definition) is 1. The average molecular weight is 213 g/mol. The van der Waals surface area contributed by atoms with Gasteiger partial charge in [-0.05, 0) is 44.0 Å². The summed E-state index contributed by atoms with van der Waals surface area (Å²) in [5.74, 6) is -0.275. The summed E-state index contributed by atoms with van der Waals surface area (Å²) in [5.41, 5.74) is 0.00129. The molecule has 0 fully saturated rings. The Labute approximate surface area is 88.5 Å². The Morgan fingerprint density at radius 1 is 1.50 bits per heavy atom. The zero-order valence-electron chi connectivity index (χ0n) is 8.47. The van der Waals surface area contributed by atoms with Gasteiger partial charge in [-0.2, -0.15) is 0 Å². The van der Waals surface area contributed by atoms with Gasteiger partial charge in [0.15, 0.2) is 5.78 Å². The Morgan fingerprint density at radius 3 is 2.50 bits per heavy atom. The van der Waals surface area contributed by atoms with Crippen LogP contribution in [-0.4, -0.2) is 10.9 Å². The molecule has 3 heteroatoms. The van der Waals surface area contributed by atoms with Gasteiger partial charge in [0.2, 0.25) is 0 Å². The summed E-state index contributed by atoms with van der Waals surface area (Å²) in [4.78, 5) is 11.2. The topological polar surface area (TPSA) is 37.3 Å². The molecule has 0 saturated carbocycles. The Hall–Kier alpha value is -0.860. The molecule has 0 saturated heterocycles. The van der Waals surface area contributed by atoms with Crippen molar-refractivity contribution in [3.8, 4) is 0 Å². The molecule has 76 valence electrons. The van der Waals surface area contributed by atoms with Crippen LogP contribution >= 0.6 is 11.6 Å². The second-order valence-electron chi connectivity index (χ2n) is 3.59. The van der Waals surface area contributed by atoms with Crippen molar-refractivity contribution in [1.29, 1.82) is 0 Å². The first-order chi connectivity index (χ1) is 6.35. The van der Waals surface area contributed by atoms with Crippen molar-refractivity contribution < 1.29 is 9.90 Å². The van der Waals surface area contributed by atoms with Crippen LogP contribution in [-0.2, 0) is 10.4 Å². The summed E-state index contributed by atoms with van der Waals surface area (Å²) in [7, 11) is 0. The first-order valence-electron chi connectivity index (χ1n) is 4.35. The van der Waals surface area contributed by atoms with Crippen LogP contribution in [0.5, 0.6) is 0 Å². The van der Waals surface area contributed by atoms with Crippen molar-refractivity contribution in [2.24, 2.45) is 0 Å². The van der Waals surface area contributed by atoms with Crippen molar-refractivity contribution in [1.82, 2.24) is 0 Å². The van der Waals surface area contributed by atoms with Gasteiger partial charge in [-0.15, -0.1) is 0 Å². The van der Waals surface area contributed by atoms with E-state index in [0.29, 0.717) is 10.6 Å². The number of aliphatic hydroxyl groups is 1. The highest BCUT2D eigenvalue weighted by molar-refractivity contribution is 6.30. The Balaban J connectivity index is 3.26. The molecule has 0 spiro atoms. The largest absolute Gasteiger partial charge is 0.378 e. The number of Topliss-reactive ketones (excluding diaryl/α,β-unsaturated/α-hetero) is 1. The number of ketones is 1. The van der Waals surface area contributed by atoms with Gasteiger partial charge in [-0.25, -0.2) is 0 Å². The van der Waals surface area contributed by atoms with Gasteiger partial charge in [0.1, 0.15) is 5.60 Å². The van der Waals surface area contributed by atoms with Crippen LogP contribution in [0.25, 0.3) is 0 Å². The van der Waals surface area contributed by atoms with Crippen LogP contribution < -0.4 is 0 Å². The lowest BCUT2D eigenvalue weighted by atomic mass is 9.89. The second-order valence-corrected chi connectivity index (χ2v) is 4.02. The molecule has 1 atom stereocenters. The van der Waals surface area contributed by atoms with E-state index in [2.05, 4.69) is 0 Å². The average Bonchev–Trinajstić information content (AvgIpc) is 2.02. The summed E-state index contributed by atoms with van der Waals surface area (Å²) >= 11 is 5.78. The van der Waals surface area contributed by atoms with Gasteiger partial charge in [0.25, 0.3) is 0 Å². The molecular weight excluding hydrogens is 200 g/mol. The molecule has 0 aromatic heterocycles. The molecule has 0 aliphatic heterocycles. The highest BCUT2D eigenvalue weighted by Crippen LogP contribution is 2.26. The molecular formula is C11H13ClO2. The molecule has 1 aromatic carbocycles. The summed E-state index contributed by atoms with van der Waals surface area (Å²) in [5, 5.41) is 10.5. The minimum Gasteiger partial charge on any atom is -0.378 e. The zero-order valence-corrected chi connectivity index (χ0v) is 9.22. The highest BCUT2D eigenvalue weighted by Gasteiger charge is 2.29. The van der Waals surface area contributed by atoms with Crippen molar-refractivity contribution in [3.63, 3.8) is 0 Å². The highest BCUT2D eigenvalue weighted by atomic mass is 35.5. The van der Waals surface area contributed by atoms with Crippen LogP contribution in [0.3, 0.4) is 0 Å². The summed E-state index contributed by atoms with van der Waals surface area (Å²) < 4.78 is 0. The lowest BCUT2D eigenvalue weighted by Crippen LogP contribution is -2.30. The molecule has 1 aromatic rings. The minimum atomic E-state index is -1.42. The van der Waals surface area contributed by atoms with Crippen LogP contribution in [0.2, 0.25) is 5.02 Å². The third kappa shape index (κ3) is 1.97. The van der Waals surface area contributed by atoms with E-state index < -0.39 is 5.60 Å². The van der Waals surface area contributed by atoms with Crippen molar-refractivity contribution in [3.05, 3.63) is 34.3 Å². The maximum absolute atomic E-state index is 11.2. The molecule has 1 N–H and O–H groups in total. The van der Waals surface area contributed by atoms with Gasteiger partial charge in [-0.1, -0.05) is 17.7 Å². The third-order valence-electron chi connectivity index (χ3n) is 2.40. The van der Waals surface area contributed by atoms with E-state index in [1.807, 2.05) is 6.92 Å². The maximum atomic E-state index is 11.2. The molecule has 0 amide bonds. The van der Waals surface area contributed by atoms with E-state index in [9.17, 15) is 9.90 Å². The fourth-order valence-corrected chi connectivity index (χ4v) is 1.59. The number of benzene rings is 1. The van der Waals surface area contributed by atoms with Gasteiger partial charge >= 0.3 is 0 Å². The molecule has 0 heterocycles. The lowest BCUT2D eigenvalue weighted by molar-refractivity contribution is -0.134. The van der Waals surface area contributed by atoms with E-state index in [1.54, 1.807) is 18.2 Å². The Morgan fingerprint density at radius 2 is 2.07 bits per heavy atom. The second kappa shape index (κ2) is 3.71. The van der Waals surface area contributed by atoms with Crippen molar-refractivity contribution in [2.75, 3.05) is 0 Å². The van der Waals surface area contributed by atoms with Crippen molar-refractivity contribution in [2.45, 2.75) is 26.4 Å². The van der Waals surface area contributed by atoms with E-state index >= 15 is 0 Å². The molecule has 0 aliphatic carbocycles. The first-order valence-corrected chi connectivity index (χ1v) is 4.73. The third-order valence-corrected chi connectivity index (χ3v) is 2.63. The molecule has 1 unspecified atom stereocenters. The lowest BCUT2D eigenvalue weighted by Gasteiger charge is -2.22. The van der Waals surface area contributed by atoms with E-state index in [0.717, 1.165) is 5.56 Å². The first kappa shape index (κ1) is 11.2. The van der Waals surface area contributed by atoms with E-state index in [1.165, 1.54) is 13.8 Å². The van der Waals surface area contributed by atoms with Crippen LogP contribution in [0.1, 0.15) is 25.0 Å². The summed E-state index contributed by atoms with van der Waals surface area (Å²) in [6.45, 7) is 4.68. The minimum absolute atomic E-state index is 0.275. The van der Waals surface area contributed by atoms with Gasteiger partial charge < -0.3 is 5.11 Å². The smallest absolute Gasteiger partial charge is 0.165 e. The van der Waals surface area contributed by atoms with Crippen molar-refractivity contribution >= 4 is 17.4 Å². The maximum Gasteiger partial charge on any atom is 0.165 e. The van der Waals surface area contributed by atoms with Gasteiger partial charge in [0, 0.05) is 5.02 Å². The Bertz CT molecular complexity index is 370. The molecule has 2 nitrogen and oxygen atoms in total. The van der Waals surface area contributed by atoms with Crippen LogP contribution in [0, 0.1) is 6.92 Å². The van der Waals surface area contributed by atoms with Crippen LogP contribution in [0.4, 0.5) is 0 Å². The van der Waals surface area contributed by atoms with E-state index in [-0.39, 0.29) is 5.78 Å². The number of aryl methyl sites for hydroxylation is 1. The predicted molar refractivity (Wildman–Crippen MR) is 56.4 cm³/mol. The molecule has 0 radical (unpaired) electrons. The quantitative estimate of drug-likeness (QED) is 0.818. The molecule has 0 bridgehead atoms. The predicted octanol–water partition coefficient (Wildman–Crippen LogP) is 2.44. The monoisotopic (exact) mass is 212 g/mol. The van der Waals surface area contributed by atoms with Gasteiger partial charge in [-0.3, -0.25) is 4.79 Å². The number of halogens is 1.